The molecule has 0 unspecified atom stereocenters. The minimum atomic E-state index is -3.79. The van der Waals surface area contributed by atoms with Crippen LogP contribution in [0, 0.1) is 0 Å². The number of hydrogen-bond acceptors (Lipinski definition) is 6. The molecule has 2 aromatic carbocycles. The molecule has 2 aromatic rings. The van der Waals surface area contributed by atoms with E-state index in [2.05, 4.69) is 10.5 Å². The fourth-order valence-corrected chi connectivity index (χ4v) is 3.55. The molecule has 1 aliphatic rings. The van der Waals surface area contributed by atoms with Crippen molar-refractivity contribution in [3.05, 3.63) is 59.7 Å². The molecule has 0 saturated carbocycles. The topological polar surface area (TPSA) is 106 Å². The van der Waals surface area contributed by atoms with Crippen molar-refractivity contribution in [2.75, 3.05) is 7.11 Å². The van der Waals surface area contributed by atoms with Crippen molar-refractivity contribution in [3.63, 3.8) is 0 Å². The maximum atomic E-state index is 12.2. The van der Waals surface area contributed by atoms with Gasteiger partial charge in [0.1, 0.15) is 5.75 Å². The van der Waals surface area contributed by atoms with Gasteiger partial charge in [-0.1, -0.05) is 30.3 Å². The molecule has 0 aromatic heterocycles. The second kappa shape index (κ2) is 6.60. The number of sulfonamides is 1. The van der Waals surface area contributed by atoms with Gasteiger partial charge in [-0.05, 0) is 23.8 Å². The maximum Gasteiger partial charge on any atom is 0.253 e. The normalized spacial score (nSPS) is 17.2. The summed E-state index contributed by atoms with van der Waals surface area (Å²) in [4.78, 5) is 1.97. The molecule has 1 heterocycles. The maximum absolute atomic E-state index is 12.2. The van der Waals surface area contributed by atoms with E-state index in [4.69, 9.17) is 10.6 Å². The average Bonchev–Trinajstić information content (AvgIpc) is 3.12. The van der Waals surface area contributed by atoms with Gasteiger partial charge < -0.3 is 10.2 Å². The third-order valence-electron chi connectivity index (χ3n) is 3.90. The Morgan fingerprint density at radius 2 is 2.00 bits per heavy atom. The van der Waals surface area contributed by atoms with Crippen LogP contribution in [0.2, 0.25) is 0 Å². The van der Waals surface area contributed by atoms with Crippen molar-refractivity contribution >= 4 is 15.7 Å². The van der Waals surface area contributed by atoms with Crippen LogP contribution in [0.25, 0.3) is 0 Å². The molecular formula is C16H18N4O3S. The first-order valence-electron chi connectivity index (χ1n) is 7.33. The highest BCUT2D eigenvalue weighted by Crippen LogP contribution is 2.32. The first-order chi connectivity index (χ1) is 11.5. The first-order valence-corrected chi connectivity index (χ1v) is 8.81. The van der Waals surface area contributed by atoms with E-state index in [1.807, 2.05) is 35.2 Å². The molecule has 0 radical (unpaired) electrons. The number of nitrogens with one attached hydrogen (secondary N) is 2. The SMILES string of the molecule is COc1ccc(S(=O)(=O)NN)c([C@H]2CC(c3ccccc3)=NN2)c1. The summed E-state index contributed by atoms with van der Waals surface area (Å²) in [6.07, 6.45) is 0.560. The highest BCUT2D eigenvalue weighted by molar-refractivity contribution is 7.89. The lowest BCUT2D eigenvalue weighted by Crippen LogP contribution is -2.31. The Hall–Kier alpha value is -2.42. The minimum absolute atomic E-state index is 0.104. The zero-order chi connectivity index (χ0) is 17.2. The molecule has 126 valence electrons. The standard InChI is InChI=1S/C16H18N4O3S/c1-23-12-7-8-16(24(21,22)20-17)13(9-12)15-10-14(18-19-15)11-5-3-2-4-6-11/h2-9,15,19-20H,10,17H2,1H3/t15-/m1/s1. The number of rotatable bonds is 5. The van der Waals surface area contributed by atoms with Gasteiger partial charge in [0.2, 0.25) is 0 Å². The lowest BCUT2D eigenvalue weighted by atomic mass is 9.99. The summed E-state index contributed by atoms with van der Waals surface area (Å²) in [6, 6.07) is 14.2. The number of nitrogens with zero attached hydrogens (tertiary/aromatic N) is 1. The Bertz CT molecular complexity index is 866. The van der Waals surface area contributed by atoms with Gasteiger partial charge in [-0.2, -0.15) is 9.93 Å². The Morgan fingerprint density at radius 3 is 2.67 bits per heavy atom. The highest BCUT2D eigenvalue weighted by atomic mass is 32.2. The van der Waals surface area contributed by atoms with Gasteiger partial charge in [-0.25, -0.2) is 8.42 Å². The van der Waals surface area contributed by atoms with E-state index in [1.54, 1.807) is 12.1 Å². The molecule has 0 bridgehead atoms. The van der Waals surface area contributed by atoms with Gasteiger partial charge in [0.25, 0.3) is 10.0 Å². The molecule has 4 N–H and O–H groups in total. The third-order valence-corrected chi connectivity index (χ3v) is 5.16. The number of hydrazone groups is 1. The van der Waals surface area contributed by atoms with Crippen LogP contribution in [0.3, 0.4) is 0 Å². The van der Waals surface area contributed by atoms with Crippen LogP contribution in [-0.4, -0.2) is 21.2 Å². The molecule has 0 saturated heterocycles. The second-order valence-electron chi connectivity index (χ2n) is 5.34. The van der Waals surface area contributed by atoms with E-state index in [9.17, 15) is 8.42 Å². The van der Waals surface area contributed by atoms with Crippen molar-refractivity contribution in [1.29, 1.82) is 0 Å². The number of hydrazine groups is 1. The van der Waals surface area contributed by atoms with Crippen molar-refractivity contribution in [1.82, 2.24) is 10.3 Å². The summed E-state index contributed by atoms with van der Waals surface area (Å²) < 4.78 is 29.6. The van der Waals surface area contributed by atoms with Crippen LogP contribution in [-0.2, 0) is 10.0 Å². The average molecular weight is 346 g/mol. The van der Waals surface area contributed by atoms with Crippen molar-refractivity contribution in [2.24, 2.45) is 10.9 Å². The molecule has 1 aliphatic heterocycles. The van der Waals surface area contributed by atoms with E-state index >= 15 is 0 Å². The van der Waals surface area contributed by atoms with Gasteiger partial charge >= 0.3 is 0 Å². The number of ether oxygens (including phenoxy) is 1. The summed E-state index contributed by atoms with van der Waals surface area (Å²) >= 11 is 0. The highest BCUT2D eigenvalue weighted by Gasteiger charge is 2.28. The second-order valence-corrected chi connectivity index (χ2v) is 7.02. The van der Waals surface area contributed by atoms with Crippen molar-refractivity contribution in [2.45, 2.75) is 17.4 Å². The smallest absolute Gasteiger partial charge is 0.253 e. The quantitative estimate of drug-likeness (QED) is 0.559. The third kappa shape index (κ3) is 3.12. The van der Waals surface area contributed by atoms with Crippen molar-refractivity contribution in [3.8, 4) is 5.75 Å². The molecule has 7 nitrogen and oxygen atoms in total. The van der Waals surface area contributed by atoms with Crippen LogP contribution in [0.15, 0.2) is 58.5 Å². The van der Waals surface area contributed by atoms with Crippen LogP contribution in [0.5, 0.6) is 5.75 Å². The molecule has 0 spiro atoms. The predicted molar refractivity (Wildman–Crippen MR) is 91.0 cm³/mol. The Labute approximate surface area is 140 Å². The fraction of sp³-hybridized carbons (Fsp3) is 0.188. The Morgan fingerprint density at radius 1 is 1.25 bits per heavy atom. The predicted octanol–water partition coefficient (Wildman–Crippen LogP) is 1.29. The number of methoxy groups -OCH3 is 1. The van der Waals surface area contributed by atoms with Crippen LogP contribution >= 0.6 is 0 Å². The summed E-state index contributed by atoms with van der Waals surface area (Å²) in [6.45, 7) is 0. The summed E-state index contributed by atoms with van der Waals surface area (Å²) in [5.74, 6) is 5.74. The summed E-state index contributed by atoms with van der Waals surface area (Å²) in [5.41, 5.74) is 5.43. The number of hydrogen-bond donors (Lipinski definition) is 3. The summed E-state index contributed by atoms with van der Waals surface area (Å²) in [5, 5.41) is 4.35. The Balaban J connectivity index is 1.96. The van der Waals surface area contributed by atoms with Gasteiger partial charge in [0.05, 0.1) is 23.8 Å². The first kappa shape index (κ1) is 16.4. The van der Waals surface area contributed by atoms with Crippen LogP contribution in [0.1, 0.15) is 23.6 Å². The zero-order valence-electron chi connectivity index (χ0n) is 13.1. The van der Waals surface area contributed by atoms with Gasteiger partial charge in [-0.3, -0.25) is 5.84 Å². The Kier molecular flexibility index (Phi) is 4.52. The molecule has 8 heteroatoms. The van der Waals surface area contributed by atoms with E-state index in [1.165, 1.54) is 13.2 Å². The molecule has 0 amide bonds. The molecule has 24 heavy (non-hydrogen) atoms. The van der Waals surface area contributed by atoms with E-state index < -0.39 is 10.0 Å². The minimum Gasteiger partial charge on any atom is -0.497 e. The lowest BCUT2D eigenvalue weighted by molar-refractivity contribution is 0.412. The van der Waals surface area contributed by atoms with Gasteiger partial charge in [0, 0.05) is 12.0 Å². The van der Waals surface area contributed by atoms with E-state index in [0.717, 1.165) is 11.3 Å². The van der Waals surface area contributed by atoms with Gasteiger partial charge in [-0.15, -0.1) is 0 Å². The fourth-order valence-electron chi connectivity index (χ4n) is 2.67. The lowest BCUT2D eigenvalue weighted by Gasteiger charge is -2.16. The molecular weight excluding hydrogens is 328 g/mol. The number of benzene rings is 2. The van der Waals surface area contributed by atoms with E-state index in [-0.39, 0.29) is 10.9 Å². The van der Waals surface area contributed by atoms with E-state index in [0.29, 0.717) is 17.7 Å². The molecule has 1 atom stereocenters. The van der Waals surface area contributed by atoms with Crippen molar-refractivity contribution < 1.29 is 13.2 Å². The number of nitrogens with two attached hydrogens (primary N) is 1. The molecule has 0 aliphatic carbocycles. The molecule has 0 fully saturated rings. The van der Waals surface area contributed by atoms with Gasteiger partial charge in [0.15, 0.2) is 0 Å². The zero-order valence-corrected chi connectivity index (χ0v) is 13.9. The summed E-state index contributed by atoms with van der Waals surface area (Å²) in [7, 11) is -2.26. The van der Waals surface area contributed by atoms with Crippen LogP contribution in [0.4, 0.5) is 0 Å². The van der Waals surface area contributed by atoms with Crippen LogP contribution < -0.4 is 20.8 Å². The monoisotopic (exact) mass is 346 g/mol. The molecule has 3 rings (SSSR count). The largest absolute Gasteiger partial charge is 0.497 e.